The van der Waals surface area contributed by atoms with E-state index in [0.717, 1.165) is 6.42 Å². The molecule has 1 aromatic carbocycles. The third-order valence-electron chi connectivity index (χ3n) is 13.8. The van der Waals surface area contributed by atoms with Crippen LogP contribution in [0.4, 0.5) is 5.69 Å². The molecule has 7 bridgehead atoms. The van der Waals surface area contributed by atoms with Crippen LogP contribution in [0.3, 0.4) is 0 Å². The quantitative estimate of drug-likeness (QED) is 0.233. The van der Waals surface area contributed by atoms with Crippen LogP contribution < -0.4 is 11.1 Å². The lowest BCUT2D eigenvalue weighted by atomic mass is 9.42. The van der Waals surface area contributed by atoms with Crippen molar-refractivity contribution >= 4 is 23.5 Å². The van der Waals surface area contributed by atoms with Crippen molar-refractivity contribution in [3.05, 3.63) is 29.8 Å². The number of hydrogen-bond acceptors (Lipinski definition) is 11. The fraction of sp³-hybridized carbons (Fsp3) is 0.750. The van der Waals surface area contributed by atoms with Crippen LogP contribution >= 0.6 is 0 Å². The number of likely N-dealkylation sites (tertiary alicyclic amines) is 1. The molecular weight excluding hydrogens is 634 g/mol. The van der Waals surface area contributed by atoms with Crippen molar-refractivity contribution < 1.29 is 48.3 Å². The van der Waals surface area contributed by atoms with Gasteiger partial charge in [0.05, 0.1) is 48.3 Å². The van der Waals surface area contributed by atoms with Gasteiger partial charge in [-0.3, -0.25) is 14.5 Å². The van der Waals surface area contributed by atoms with E-state index in [4.69, 9.17) is 29.4 Å². The van der Waals surface area contributed by atoms with Gasteiger partial charge in [0.2, 0.25) is 11.8 Å². The minimum atomic E-state index is -1.69. The van der Waals surface area contributed by atoms with Crippen molar-refractivity contribution in [2.45, 2.75) is 87.1 Å². The van der Waals surface area contributed by atoms with Gasteiger partial charge in [-0.1, -0.05) is 19.1 Å². The van der Waals surface area contributed by atoms with Gasteiger partial charge in [-0.15, -0.1) is 0 Å². The van der Waals surface area contributed by atoms with E-state index in [1.54, 1.807) is 52.7 Å². The van der Waals surface area contributed by atoms with Crippen LogP contribution in [0.2, 0.25) is 0 Å². The van der Waals surface area contributed by atoms with Gasteiger partial charge < -0.3 is 44.9 Å². The van der Waals surface area contributed by atoms with E-state index in [1.165, 1.54) is 0 Å². The van der Waals surface area contributed by atoms with Crippen molar-refractivity contribution in [2.75, 3.05) is 53.5 Å². The number of carbonyl (C=O) groups excluding carboxylic acids is 3. The summed E-state index contributed by atoms with van der Waals surface area (Å²) < 4.78 is 31.3. The molecule has 6 aliphatic rings. The summed E-state index contributed by atoms with van der Waals surface area (Å²) >= 11 is 0. The number of rotatable bonds is 12. The number of nitrogens with zero attached hydrogens (tertiary/aromatic N) is 1. The van der Waals surface area contributed by atoms with E-state index in [2.05, 4.69) is 17.1 Å². The summed E-state index contributed by atoms with van der Waals surface area (Å²) in [6, 6.07) is 6.14. The molecule has 49 heavy (non-hydrogen) atoms. The second-order valence-corrected chi connectivity index (χ2v) is 15.3. The first-order valence-electron chi connectivity index (χ1n) is 17.6. The molecule has 0 radical (unpaired) electrons. The highest BCUT2D eigenvalue weighted by molar-refractivity contribution is 6.01. The lowest BCUT2D eigenvalue weighted by Crippen LogP contribution is -2.82. The standard InChI is InChI=1S/C36H51N3O10/c1-6-39-17-33(18-49-31(42)19-9-7-8-10-22(19)38-26(41)12-11-25(37)40)14-13-24(46-3)35-21-15-20-23(45-2)16-34(43,27(21)28(20)47-4)36(44,32(35)39)30(48-5)29(33)35/h7-10,20-21,23-24,27-30,32,43-44H,6,11-18H2,1-5H3,(H2,37,40)(H,38,41)/t20-,21-,23+,24?,27-,28+,29-,30+,32+,33+,34-,35+,36+/m1/s1. The van der Waals surface area contributed by atoms with Crippen molar-refractivity contribution in [1.82, 2.24) is 4.90 Å². The highest BCUT2D eigenvalue weighted by Gasteiger charge is 2.91. The van der Waals surface area contributed by atoms with Gasteiger partial charge >= 0.3 is 5.97 Å². The Morgan fingerprint density at radius 3 is 2.45 bits per heavy atom. The first kappa shape index (κ1) is 34.8. The number of benzene rings is 1. The molecule has 1 unspecified atom stereocenters. The largest absolute Gasteiger partial charge is 0.461 e. The average Bonchev–Trinajstić information content (AvgIpc) is 3.51. The Kier molecular flexibility index (Phi) is 8.69. The highest BCUT2D eigenvalue weighted by atomic mass is 16.5. The molecule has 1 saturated heterocycles. The molecule has 13 heteroatoms. The number of methoxy groups -OCH3 is 4. The first-order chi connectivity index (χ1) is 23.4. The Labute approximate surface area is 287 Å². The summed E-state index contributed by atoms with van der Waals surface area (Å²) in [5.74, 6) is -2.33. The molecule has 1 aliphatic heterocycles. The number of anilines is 1. The Morgan fingerprint density at radius 2 is 1.80 bits per heavy atom. The summed E-state index contributed by atoms with van der Waals surface area (Å²) in [5, 5.41) is 29.2. The second kappa shape index (κ2) is 12.2. The van der Waals surface area contributed by atoms with Crippen molar-refractivity contribution in [2.24, 2.45) is 40.2 Å². The minimum absolute atomic E-state index is 0.0424. The number of likely N-dealkylation sites (N-methyl/N-ethyl adjacent to an activating group) is 1. The van der Waals surface area contributed by atoms with Gasteiger partial charge in [0.1, 0.15) is 11.2 Å². The van der Waals surface area contributed by atoms with E-state index in [9.17, 15) is 24.6 Å². The Balaban J connectivity index is 1.29. The molecular formula is C36H51N3O10. The van der Waals surface area contributed by atoms with E-state index in [1.807, 2.05) is 0 Å². The number of amides is 2. The number of fused-ring (bicyclic) bond motifs is 2. The first-order valence-corrected chi connectivity index (χ1v) is 17.6. The highest BCUT2D eigenvalue weighted by Crippen LogP contribution is 2.80. The SMILES string of the molecule is CCN1C[C@]2(COC(=O)c3ccccc3NC(=O)CCC(N)=O)CCC(OC)[C@@]34[C@@H]5C[C@H]6[C@H](OC)[C@@H]5[C@](O)(C[C@@H]6OC)[C@](O)([C@@H](OC)[C@H]23)[C@@H]14. The normalized spacial score (nSPS) is 44.4. The fourth-order valence-electron chi connectivity index (χ4n) is 12.5. The summed E-state index contributed by atoms with van der Waals surface area (Å²) in [5.41, 5.74) is 1.14. The third kappa shape index (κ3) is 4.45. The monoisotopic (exact) mass is 685 g/mol. The van der Waals surface area contributed by atoms with Gasteiger partial charge in [0.15, 0.2) is 0 Å². The van der Waals surface area contributed by atoms with Crippen molar-refractivity contribution in [1.29, 1.82) is 0 Å². The molecule has 2 amide bonds. The molecule has 5 N–H and O–H groups in total. The smallest absolute Gasteiger partial charge is 0.340 e. The molecule has 13 atom stereocenters. The van der Waals surface area contributed by atoms with E-state index in [0.29, 0.717) is 25.9 Å². The van der Waals surface area contributed by atoms with Gasteiger partial charge in [0.25, 0.3) is 0 Å². The number of esters is 1. The molecule has 1 aromatic rings. The van der Waals surface area contributed by atoms with E-state index in [-0.39, 0.29) is 79.1 Å². The number of ether oxygens (including phenoxy) is 5. The maximum absolute atomic E-state index is 13.9. The van der Waals surface area contributed by atoms with Crippen LogP contribution in [0.1, 0.15) is 55.8 Å². The number of para-hydroxylation sites is 1. The molecule has 0 aromatic heterocycles. The molecule has 6 fully saturated rings. The lowest BCUT2D eigenvalue weighted by Gasteiger charge is -2.70. The van der Waals surface area contributed by atoms with Crippen molar-refractivity contribution in [3.63, 3.8) is 0 Å². The van der Waals surface area contributed by atoms with Crippen LogP contribution in [-0.2, 0) is 33.3 Å². The Hall–Kier alpha value is -2.65. The maximum atomic E-state index is 13.9. The predicted octanol–water partition coefficient (Wildman–Crippen LogP) is 1.34. The van der Waals surface area contributed by atoms with Gasteiger partial charge in [-0.2, -0.15) is 0 Å². The molecule has 13 nitrogen and oxygen atoms in total. The number of piperidine rings is 1. The van der Waals surface area contributed by atoms with Crippen LogP contribution in [0, 0.1) is 34.5 Å². The molecule has 5 aliphatic carbocycles. The number of primary amides is 1. The zero-order valence-corrected chi connectivity index (χ0v) is 29.1. The van der Waals surface area contributed by atoms with Crippen LogP contribution in [0.15, 0.2) is 24.3 Å². The Bertz CT molecular complexity index is 1490. The molecule has 1 spiro atoms. The van der Waals surface area contributed by atoms with Gasteiger partial charge in [-0.25, -0.2) is 4.79 Å². The number of aliphatic hydroxyl groups is 2. The van der Waals surface area contributed by atoms with Gasteiger partial charge in [-0.05, 0) is 43.9 Å². The number of carbonyl (C=O) groups is 3. The van der Waals surface area contributed by atoms with E-state index >= 15 is 0 Å². The molecule has 7 rings (SSSR count). The molecule has 5 saturated carbocycles. The number of hydrogen-bond donors (Lipinski definition) is 4. The van der Waals surface area contributed by atoms with Crippen molar-refractivity contribution in [3.8, 4) is 0 Å². The van der Waals surface area contributed by atoms with E-state index < -0.39 is 52.0 Å². The zero-order valence-electron chi connectivity index (χ0n) is 29.1. The zero-order chi connectivity index (χ0) is 35.1. The van der Waals surface area contributed by atoms with Crippen LogP contribution in [0.5, 0.6) is 0 Å². The second-order valence-electron chi connectivity index (χ2n) is 15.3. The third-order valence-corrected chi connectivity index (χ3v) is 13.8. The molecule has 270 valence electrons. The van der Waals surface area contributed by atoms with Crippen LogP contribution in [-0.4, -0.2) is 123 Å². The van der Waals surface area contributed by atoms with Gasteiger partial charge in [0, 0.05) is 82.8 Å². The molecule has 1 heterocycles. The fourth-order valence-corrected chi connectivity index (χ4v) is 12.5. The summed E-state index contributed by atoms with van der Waals surface area (Å²) in [7, 11) is 6.68. The summed E-state index contributed by atoms with van der Waals surface area (Å²) in [4.78, 5) is 39.9. The number of nitrogens with two attached hydrogens (primary N) is 1. The van der Waals surface area contributed by atoms with Crippen LogP contribution in [0.25, 0.3) is 0 Å². The Morgan fingerprint density at radius 1 is 1.04 bits per heavy atom. The predicted molar refractivity (Wildman–Crippen MR) is 175 cm³/mol. The topological polar surface area (TPSA) is 179 Å². The maximum Gasteiger partial charge on any atom is 0.340 e. The lowest BCUT2D eigenvalue weighted by molar-refractivity contribution is -0.320. The minimum Gasteiger partial charge on any atom is -0.461 e. The summed E-state index contributed by atoms with van der Waals surface area (Å²) in [6.45, 7) is 3.25. The average molecular weight is 686 g/mol. The number of nitrogens with one attached hydrogen (secondary N) is 1. The summed E-state index contributed by atoms with van der Waals surface area (Å²) in [6.07, 6.45) is 0.513.